The number of hydrogen-bond donors (Lipinski definition) is 2. The Morgan fingerprint density at radius 1 is 1.05 bits per heavy atom. The highest BCUT2D eigenvalue weighted by atomic mass is 19.2. The number of hydrogen-bond acceptors (Lipinski definition) is 2. The Kier molecular flexibility index (Phi) is 4.47. The van der Waals surface area contributed by atoms with Crippen molar-refractivity contribution < 1.29 is 8.78 Å². The first-order valence-corrected chi connectivity index (χ1v) is 6.49. The van der Waals surface area contributed by atoms with E-state index in [0.717, 1.165) is 22.8 Å². The standard InChI is InChI=1S/C16H18F2N2/c1-10-5-3-6-11(2)13(10)9-15(20-19)12-7-4-8-14(17)16(12)18/h3-8,15,20H,9,19H2,1-2H3. The number of aryl methyl sites for hydroxylation is 2. The fraction of sp³-hybridized carbons (Fsp3) is 0.250. The Morgan fingerprint density at radius 3 is 2.25 bits per heavy atom. The average molecular weight is 276 g/mol. The van der Waals surface area contributed by atoms with Gasteiger partial charge >= 0.3 is 0 Å². The molecule has 20 heavy (non-hydrogen) atoms. The van der Waals surface area contributed by atoms with Crippen molar-refractivity contribution in [3.63, 3.8) is 0 Å². The third kappa shape index (κ3) is 2.86. The second-order valence-electron chi connectivity index (χ2n) is 4.94. The number of hydrazine groups is 1. The summed E-state index contributed by atoms with van der Waals surface area (Å²) in [5, 5.41) is 0. The van der Waals surface area contributed by atoms with Gasteiger partial charge in [0.15, 0.2) is 11.6 Å². The summed E-state index contributed by atoms with van der Waals surface area (Å²) >= 11 is 0. The van der Waals surface area contributed by atoms with Gasteiger partial charge in [-0.15, -0.1) is 0 Å². The van der Waals surface area contributed by atoms with Gasteiger partial charge in [0, 0.05) is 5.56 Å². The van der Waals surface area contributed by atoms with Gasteiger partial charge in [-0.05, 0) is 43.0 Å². The van der Waals surface area contributed by atoms with Crippen molar-refractivity contribution in [2.24, 2.45) is 5.84 Å². The molecule has 1 atom stereocenters. The summed E-state index contributed by atoms with van der Waals surface area (Å²) < 4.78 is 27.2. The molecule has 106 valence electrons. The van der Waals surface area contributed by atoms with Crippen molar-refractivity contribution in [1.82, 2.24) is 5.43 Å². The molecule has 0 bridgehead atoms. The first-order valence-electron chi connectivity index (χ1n) is 6.49. The van der Waals surface area contributed by atoms with E-state index in [9.17, 15) is 8.78 Å². The molecular weight excluding hydrogens is 258 g/mol. The molecule has 0 amide bonds. The van der Waals surface area contributed by atoms with E-state index in [4.69, 9.17) is 5.84 Å². The number of halogens is 2. The Labute approximate surface area is 117 Å². The van der Waals surface area contributed by atoms with Gasteiger partial charge in [-0.25, -0.2) is 8.78 Å². The minimum absolute atomic E-state index is 0.246. The summed E-state index contributed by atoms with van der Waals surface area (Å²) in [6, 6.07) is 9.65. The Bertz CT molecular complexity index is 591. The lowest BCUT2D eigenvalue weighted by molar-refractivity contribution is 0.464. The average Bonchev–Trinajstić information content (AvgIpc) is 2.42. The normalized spacial score (nSPS) is 12.4. The molecule has 4 heteroatoms. The van der Waals surface area contributed by atoms with E-state index in [-0.39, 0.29) is 5.56 Å². The summed E-state index contributed by atoms with van der Waals surface area (Å²) in [6.07, 6.45) is 0.509. The van der Waals surface area contributed by atoms with Crippen molar-refractivity contribution in [2.75, 3.05) is 0 Å². The smallest absolute Gasteiger partial charge is 0.163 e. The third-order valence-corrected chi connectivity index (χ3v) is 3.61. The Morgan fingerprint density at radius 2 is 1.65 bits per heavy atom. The van der Waals surface area contributed by atoms with Gasteiger partial charge < -0.3 is 0 Å². The molecule has 0 saturated carbocycles. The molecule has 0 fully saturated rings. The van der Waals surface area contributed by atoms with Crippen molar-refractivity contribution in [3.05, 3.63) is 70.3 Å². The molecule has 0 aliphatic heterocycles. The molecule has 0 spiro atoms. The molecule has 0 aromatic heterocycles. The first kappa shape index (κ1) is 14.6. The minimum atomic E-state index is -0.857. The zero-order valence-electron chi connectivity index (χ0n) is 11.6. The van der Waals surface area contributed by atoms with Crippen LogP contribution in [0.1, 0.15) is 28.3 Å². The maximum absolute atomic E-state index is 13.9. The van der Waals surface area contributed by atoms with Crippen LogP contribution in [0.15, 0.2) is 36.4 Å². The van der Waals surface area contributed by atoms with Crippen LogP contribution >= 0.6 is 0 Å². The van der Waals surface area contributed by atoms with Gasteiger partial charge in [-0.2, -0.15) is 0 Å². The Hall–Kier alpha value is -1.78. The van der Waals surface area contributed by atoms with Crippen LogP contribution in [0, 0.1) is 25.5 Å². The molecule has 0 aliphatic carbocycles. The molecule has 2 aromatic carbocycles. The van der Waals surface area contributed by atoms with E-state index >= 15 is 0 Å². The second kappa shape index (κ2) is 6.11. The van der Waals surface area contributed by atoms with Crippen molar-refractivity contribution in [2.45, 2.75) is 26.3 Å². The van der Waals surface area contributed by atoms with Crippen LogP contribution in [0.2, 0.25) is 0 Å². The number of benzene rings is 2. The van der Waals surface area contributed by atoms with Crippen molar-refractivity contribution in [3.8, 4) is 0 Å². The lowest BCUT2D eigenvalue weighted by atomic mass is 9.93. The predicted octanol–water partition coefficient (Wildman–Crippen LogP) is 3.33. The molecule has 2 aromatic rings. The summed E-state index contributed by atoms with van der Waals surface area (Å²) in [6.45, 7) is 4.00. The van der Waals surface area contributed by atoms with E-state index in [2.05, 4.69) is 5.43 Å². The minimum Gasteiger partial charge on any atom is -0.271 e. The van der Waals surface area contributed by atoms with Crippen LogP contribution in [0.5, 0.6) is 0 Å². The van der Waals surface area contributed by atoms with E-state index in [1.807, 2.05) is 32.0 Å². The van der Waals surface area contributed by atoms with E-state index in [0.29, 0.717) is 6.42 Å². The quantitative estimate of drug-likeness (QED) is 0.664. The molecule has 0 heterocycles. The second-order valence-corrected chi connectivity index (χ2v) is 4.94. The molecule has 3 N–H and O–H groups in total. The van der Waals surface area contributed by atoms with Crippen LogP contribution in [-0.2, 0) is 6.42 Å². The van der Waals surface area contributed by atoms with Crippen LogP contribution in [0.25, 0.3) is 0 Å². The highest BCUT2D eigenvalue weighted by Crippen LogP contribution is 2.25. The van der Waals surface area contributed by atoms with E-state index in [1.165, 1.54) is 6.07 Å². The molecule has 1 unspecified atom stereocenters. The molecule has 0 saturated heterocycles. The van der Waals surface area contributed by atoms with Crippen LogP contribution in [0.4, 0.5) is 8.78 Å². The number of nitrogens with one attached hydrogen (secondary N) is 1. The maximum atomic E-state index is 13.9. The summed E-state index contributed by atoms with van der Waals surface area (Å²) in [5.74, 6) is 3.83. The lowest BCUT2D eigenvalue weighted by Crippen LogP contribution is -2.30. The molecule has 0 aliphatic rings. The fourth-order valence-corrected chi connectivity index (χ4v) is 2.42. The van der Waals surface area contributed by atoms with E-state index < -0.39 is 17.7 Å². The number of rotatable bonds is 4. The first-order chi connectivity index (χ1) is 9.54. The maximum Gasteiger partial charge on any atom is 0.163 e. The zero-order chi connectivity index (χ0) is 14.7. The zero-order valence-corrected chi connectivity index (χ0v) is 11.6. The topological polar surface area (TPSA) is 38.0 Å². The molecule has 2 nitrogen and oxygen atoms in total. The van der Waals surface area contributed by atoms with Crippen LogP contribution in [-0.4, -0.2) is 0 Å². The van der Waals surface area contributed by atoms with Crippen molar-refractivity contribution in [1.29, 1.82) is 0 Å². The monoisotopic (exact) mass is 276 g/mol. The lowest BCUT2D eigenvalue weighted by Gasteiger charge is -2.20. The number of nitrogens with two attached hydrogens (primary N) is 1. The molecule has 2 rings (SSSR count). The highest BCUT2D eigenvalue weighted by molar-refractivity contribution is 5.35. The van der Waals surface area contributed by atoms with Gasteiger partial charge in [0.2, 0.25) is 0 Å². The van der Waals surface area contributed by atoms with Gasteiger partial charge in [0.1, 0.15) is 0 Å². The van der Waals surface area contributed by atoms with E-state index in [1.54, 1.807) is 6.07 Å². The van der Waals surface area contributed by atoms with Gasteiger partial charge in [-0.1, -0.05) is 30.3 Å². The third-order valence-electron chi connectivity index (χ3n) is 3.61. The largest absolute Gasteiger partial charge is 0.271 e. The van der Waals surface area contributed by atoms with Crippen LogP contribution in [0.3, 0.4) is 0 Å². The van der Waals surface area contributed by atoms with Gasteiger partial charge in [0.05, 0.1) is 6.04 Å². The molecule has 0 radical (unpaired) electrons. The van der Waals surface area contributed by atoms with Crippen molar-refractivity contribution >= 4 is 0 Å². The van der Waals surface area contributed by atoms with Crippen LogP contribution < -0.4 is 11.3 Å². The summed E-state index contributed by atoms with van der Waals surface area (Å²) in [7, 11) is 0. The SMILES string of the molecule is Cc1cccc(C)c1CC(NN)c1cccc(F)c1F. The van der Waals surface area contributed by atoms with Gasteiger partial charge in [0.25, 0.3) is 0 Å². The highest BCUT2D eigenvalue weighted by Gasteiger charge is 2.19. The fourth-order valence-electron chi connectivity index (χ4n) is 2.42. The Balaban J connectivity index is 2.37. The predicted molar refractivity (Wildman–Crippen MR) is 76.0 cm³/mol. The van der Waals surface area contributed by atoms with Gasteiger partial charge in [-0.3, -0.25) is 11.3 Å². The molecular formula is C16H18F2N2. The summed E-state index contributed by atoms with van der Waals surface area (Å²) in [4.78, 5) is 0. The summed E-state index contributed by atoms with van der Waals surface area (Å²) in [5.41, 5.74) is 6.15.